The van der Waals surface area contributed by atoms with Crippen molar-refractivity contribution in [1.82, 2.24) is 13.8 Å². The van der Waals surface area contributed by atoms with Crippen LogP contribution in [-0.2, 0) is 16.6 Å². The molecule has 1 amide bonds. The van der Waals surface area contributed by atoms with Gasteiger partial charge in [-0.3, -0.25) is 4.79 Å². The van der Waals surface area contributed by atoms with Crippen LogP contribution in [0.5, 0.6) is 0 Å². The molecule has 0 aliphatic heterocycles. The number of halogens is 1. The lowest BCUT2D eigenvalue weighted by atomic mass is 10.0. The number of benzene rings is 2. The molecule has 0 aliphatic rings. The van der Waals surface area contributed by atoms with E-state index in [1.807, 2.05) is 37.5 Å². The molecule has 0 spiro atoms. The predicted octanol–water partition coefficient (Wildman–Crippen LogP) is 4.16. The van der Waals surface area contributed by atoms with Gasteiger partial charge in [0.25, 0.3) is 5.91 Å². The highest BCUT2D eigenvalue weighted by Gasteiger charge is 2.23. The van der Waals surface area contributed by atoms with Crippen molar-refractivity contribution in [3.8, 4) is 11.1 Å². The summed E-state index contributed by atoms with van der Waals surface area (Å²) in [5, 5.41) is 0.741. The lowest BCUT2D eigenvalue weighted by molar-refractivity contribution is 0.0755. The molecule has 2 aromatic carbocycles. The van der Waals surface area contributed by atoms with Gasteiger partial charge in [-0.2, -0.15) is 0 Å². The third kappa shape index (κ3) is 5.17. The predicted molar refractivity (Wildman–Crippen MR) is 138 cm³/mol. The van der Waals surface area contributed by atoms with E-state index in [1.54, 1.807) is 42.3 Å². The Balaban J connectivity index is 2.30. The number of amides is 1. The van der Waals surface area contributed by atoms with Gasteiger partial charge in [0.15, 0.2) is 0 Å². The first-order valence-corrected chi connectivity index (χ1v) is 12.8. The molecule has 7 nitrogen and oxygen atoms in total. The number of rotatable bonds is 8. The second-order valence-electron chi connectivity index (χ2n) is 8.99. The summed E-state index contributed by atoms with van der Waals surface area (Å²) >= 11 is 0. The fourth-order valence-corrected chi connectivity index (χ4v) is 4.94. The molecule has 0 atom stereocenters. The van der Waals surface area contributed by atoms with Crippen LogP contribution in [0.1, 0.15) is 29.9 Å². The van der Waals surface area contributed by atoms with Gasteiger partial charge in [0.2, 0.25) is 10.0 Å². The van der Waals surface area contributed by atoms with Gasteiger partial charge in [-0.15, -0.1) is 0 Å². The summed E-state index contributed by atoms with van der Waals surface area (Å²) in [6.45, 7) is 5.80. The molecule has 0 bridgehead atoms. The van der Waals surface area contributed by atoms with Crippen LogP contribution in [0.3, 0.4) is 0 Å². The van der Waals surface area contributed by atoms with Crippen molar-refractivity contribution in [3.63, 3.8) is 0 Å². The summed E-state index contributed by atoms with van der Waals surface area (Å²) in [7, 11) is 1.06. The minimum atomic E-state index is -3.65. The number of aromatic nitrogens is 1. The molecular formula is C26H33FN4O3S. The van der Waals surface area contributed by atoms with Crippen LogP contribution in [0.25, 0.3) is 22.0 Å². The monoisotopic (exact) mass is 500 g/mol. The third-order valence-corrected chi connectivity index (χ3v) is 8.03. The largest absolute Gasteiger partial charge is 0.339 e. The molecule has 0 aliphatic carbocycles. The molecule has 0 saturated heterocycles. The average Bonchev–Trinajstić information content (AvgIpc) is 3.08. The first-order chi connectivity index (χ1) is 16.4. The van der Waals surface area contributed by atoms with E-state index < -0.39 is 10.0 Å². The fourth-order valence-electron chi connectivity index (χ4n) is 3.99. The molecule has 0 unspecified atom stereocenters. The van der Waals surface area contributed by atoms with Gasteiger partial charge in [-0.05, 0) is 62.7 Å². The summed E-state index contributed by atoms with van der Waals surface area (Å²) in [5.74, 6) is -0.501. The number of hydrogen-bond acceptors (Lipinski definition) is 4. The summed E-state index contributed by atoms with van der Waals surface area (Å²) in [6, 6.07) is 12.0. The van der Waals surface area contributed by atoms with E-state index >= 15 is 0 Å². The van der Waals surface area contributed by atoms with Crippen molar-refractivity contribution in [2.75, 3.05) is 27.7 Å². The topological polar surface area (TPSA) is 88.6 Å². The van der Waals surface area contributed by atoms with Crippen LogP contribution in [0.4, 0.5) is 4.39 Å². The summed E-state index contributed by atoms with van der Waals surface area (Å²) in [6.07, 6.45) is 1.32. The Bertz CT molecular complexity index is 1390. The summed E-state index contributed by atoms with van der Waals surface area (Å²) in [5.41, 5.74) is 8.90. The quantitative estimate of drug-likeness (QED) is 0.503. The lowest BCUT2D eigenvalue weighted by Gasteiger charge is -2.21. The zero-order valence-electron chi connectivity index (χ0n) is 21.0. The van der Waals surface area contributed by atoms with Crippen LogP contribution in [-0.4, -0.2) is 61.8 Å². The third-order valence-electron chi connectivity index (χ3n) is 6.22. The smallest absolute Gasteiger partial charge is 0.253 e. The van der Waals surface area contributed by atoms with Crippen LogP contribution >= 0.6 is 0 Å². The minimum Gasteiger partial charge on any atom is -0.339 e. The first kappa shape index (κ1) is 26.6. The SMILES string of the molecule is Cc1c(-c2cccc(S(=O)(=O)N(C)C)c2)c2cc(C(=O)N(C)C(C)C)ccc2n1CC(F)=CCN. The maximum absolute atomic E-state index is 14.5. The Kier molecular flexibility index (Phi) is 7.83. The van der Waals surface area contributed by atoms with E-state index in [0.29, 0.717) is 11.1 Å². The van der Waals surface area contributed by atoms with Crippen molar-refractivity contribution in [2.45, 2.75) is 38.3 Å². The molecule has 0 fully saturated rings. The summed E-state index contributed by atoms with van der Waals surface area (Å²) < 4.78 is 43.1. The van der Waals surface area contributed by atoms with E-state index in [1.165, 1.54) is 20.2 Å². The first-order valence-electron chi connectivity index (χ1n) is 11.4. The minimum absolute atomic E-state index is 0.0194. The molecule has 188 valence electrons. The highest BCUT2D eigenvalue weighted by atomic mass is 32.2. The average molecular weight is 501 g/mol. The number of nitrogens with zero attached hydrogens (tertiary/aromatic N) is 3. The zero-order chi connectivity index (χ0) is 26.1. The van der Waals surface area contributed by atoms with Gasteiger partial charge in [0.05, 0.1) is 11.4 Å². The normalized spacial score (nSPS) is 12.7. The van der Waals surface area contributed by atoms with Gasteiger partial charge < -0.3 is 15.2 Å². The molecule has 9 heteroatoms. The second-order valence-corrected chi connectivity index (χ2v) is 11.1. The second kappa shape index (κ2) is 10.3. The Morgan fingerprint density at radius 1 is 1.14 bits per heavy atom. The van der Waals surface area contributed by atoms with Crippen LogP contribution in [0, 0.1) is 6.92 Å². The van der Waals surface area contributed by atoms with E-state index in [2.05, 4.69) is 0 Å². The van der Waals surface area contributed by atoms with Gasteiger partial charge in [0, 0.05) is 61.5 Å². The van der Waals surface area contributed by atoms with E-state index in [0.717, 1.165) is 26.5 Å². The number of carbonyl (C=O) groups excluding carboxylic acids is 1. The molecular weight excluding hydrogens is 467 g/mol. The molecule has 35 heavy (non-hydrogen) atoms. The van der Waals surface area contributed by atoms with E-state index in [4.69, 9.17) is 5.73 Å². The summed E-state index contributed by atoms with van der Waals surface area (Å²) in [4.78, 5) is 14.8. The molecule has 1 aromatic heterocycles. The zero-order valence-corrected chi connectivity index (χ0v) is 21.9. The molecule has 0 radical (unpaired) electrons. The van der Waals surface area contributed by atoms with Crippen molar-refractivity contribution >= 4 is 26.8 Å². The number of carbonyl (C=O) groups is 1. The maximum Gasteiger partial charge on any atom is 0.253 e. The van der Waals surface area contributed by atoms with Gasteiger partial charge in [0.1, 0.15) is 5.83 Å². The Hall–Kier alpha value is -3.01. The number of nitrogens with two attached hydrogens (primary N) is 1. The standard InChI is InChI=1S/C26H33FN4O3S/c1-17(2)30(6)26(32)20-10-11-24-23(15-20)25(18(3)31(24)16-21(27)12-13-28)19-8-7-9-22(14-19)35(33,34)29(4)5/h7-12,14-15,17H,13,16,28H2,1-6H3. The van der Waals surface area contributed by atoms with Crippen molar-refractivity contribution in [3.05, 3.63) is 65.6 Å². The molecule has 0 saturated carbocycles. The Labute approximate surface area is 206 Å². The number of fused-ring (bicyclic) bond motifs is 1. The molecule has 1 heterocycles. The Morgan fingerprint density at radius 2 is 1.83 bits per heavy atom. The van der Waals surface area contributed by atoms with Crippen molar-refractivity contribution in [1.29, 1.82) is 0 Å². The van der Waals surface area contributed by atoms with Crippen molar-refractivity contribution < 1.29 is 17.6 Å². The molecule has 3 rings (SSSR count). The Morgan fingerprint density at radius 3 is 2.43 bits per heavy atom. The van der Waals surface area contributed by atoms with Crippen LogP contribution < -0.4 is 5.73 Å². The number of hydrogen-bond donors (Lipinski definition) is 1. The van der Waals surface area contributed by atoms with Crippen LogP contribution in [0.2, 0.25) is 0 Å². The van der Waals surface area contributed by atoms with Gasteiger partial charge in [-0.25, -0.2) is 17.1 Å². The maximum atomic E-state index is 14.5. The lowest BCUT2D eigenvalue weighted by Crippen LogP contribution is -2.32. The number of allylic oxidation sites excluding steroid dienone is 1. The van der Waals surface area contributed by atoms with E-state index in [-0.39, 0.29) is 35.8 Å². The molecule has 2 N–H and O–H groups in total. The fraction of sp³-hybridized carbons (Fsp3) is 0.346. The van der Waals surface area contributed by atoms with Crippen LogP contribution in [0.15, 0.2) is 59.3 Å². The number of sulfonamides is 1. The highest BCUT2D eigenvalue weighted by Crippen LogP contribution is 2.37. The van der Waals surface area contributed by atoms with Crippen molar-refractivity contribution in [2.24, 2.45) is 5.73 Å². The van der Waals surface area contributed by atoms with E-state index in [9.17, 15) is 17.6 Å². The molecule has 3 aromatic rings. The van der Waals surface area contributed by atoms with Gasteiger partial charge >= 0.3 is 0 Å². The van der Waals surface area contributed by atoms with Gasteiger partial charge in [-0.1, -0.05) is 12.1 Å². The highest BCUT2D eigenvalue weighted by molar-refractivity contribution is 7.89.